The van der Waals surface area contributed by atoms with Gasteiger partial charge < -0.3 is 14.4 Å². The van der Waals surface area contributed by atoms with E-state index in [1.54, 1.807) is 45.0 Å². The van der Waals surface area contributed by atoms with E-state index in [9.17, 15) is 9.59 Å². The van der Waals surface area contributed by atoms with Crippen LogP contribution in [0.4, 0.5) is 5.95 Å². The first-order chi connectivity index (χ1) is 12.8. The van der Waals surface area contributed by atoms with Crippen LogP contribution in [-0.2, 0) is 18.3 Å². The molecule has 0 bridgehead atoms. The lowest BCUT2D eigenvalue weighted by Gasteiger charge is -2.22. The van der Waals surface area contributed by atoms with Gasteiger partial charge in [-0.25, -0.2) is 9.78 Å². The number of carbonyl (C=O) groups excluding carboxylic acids is 1. The summed E-state index contributed by atoms with van der Waals surface area (Å²) in [6.45, 7) is 4.18. The number of halogens is 2. The van der Waals surface area contributed by atoms with Crippen LogP contribution in [0.3, 0.4) is 0 Å². The molecule has 0 spiro atoms. The van der Waals surface area contributed by atoms with Crippen LogP contribution in [0.15, 0.2) is 23.0 Å². The number of rotatable bonds is 7. The van der Waals surface area contributed by atoms with Gasteiger partial charge in [-0.1, -0.05) is 29.3 Å². The molecule has 9 heteroatoms. The van der Waals surface area contributed by atoms with Gasteiger partial charge in [0.05, 0.1) is 23.3 Å². The summed E-state index contributed by atoms with van der Waals surface area (Å²) < 4.78 is 11.7. The standard InChI is InChI=1S/C18H21Cl2N3O4/c1-5-26-15-14(17(25)27-6-2)21-18(23(4)16(15)24)22(3)10-11-7-8-12(19)13(20)9-11/h7-9H,5-6,10H2,1-4H3. The summed E-state index contributed by atoms with van der Waals surface area (Å²) in [5.41, 5.74) is 0.261. The van der Waals surface area contributed by atoms with Gasteiger partial charge in [-0.3, -0.25) is 9.36 Å². The number of esters is 1. The Bertz CT molecular complexity index is 899. The highest BCUT2D eigenvalue weighted by molar-refractivity contribution is 6.42. The predicted octanol–water partition coefficient (Wildman–Crippen LogP) is 3.30. The second kappa shape index (κ2) is 9.10. The Kier molecular flexibility index (Phi) is 7.10. The molecule has 7 nitrogen and oxygen atoms in total. The molecule has 0 aliphatic rings. The maximum atomic E-state index is 12.7. The van der Waals surface area contributed by atoms with Crippen LogP contribution in [0.5, 0.6) is 5.75 Å². The number of hydrogen-bond acceptors (Lipinski definition) is 6. The van der Waals surface area contributed by atoms with E-state index < -0.39 is 11.5 Å². The highest BCUT2D eigenvalue weighted by Gasteiger charge is 2.24. The molecule has 2 rings (SSSR count). The van der Waals surface area contributed by atoms with Gasteiger partial charge in [0.2, 0.25) is 11.7 Å². The Labute approximate surface area is 167 Å². The van der Waals surface area contributed by atoms with E-state index in [0.29, 0.717) is 16.6 Å². The van der Waals surface area contributed by atoms with E-state index in [2.05, 4.69) is 4.98 Å². The second-order valence-corrected chi connectivity index (χ2v) is 6.53. The first-order valence-electron chi connectivity index (χ1n) is 8.36. The summed E-state index contributed by atoms with van der Waals surface area (Å²) in [5.74, 6) is -0.537. The van der Waals surface area contributed by atoms with Crippen molar-refractivity contribution >= 4 is 35.1 Å². The Balaban J connectivity index is 2.46. The molecule has 1 heterocycles. The molecule has 0 saturated carbocycles. The maximum absolute atomic E-state index is 12.7. The molecule has 1 aromatic heterocycles. The van der Waals surface area contributed by atoms with Crippen LogP contribution in [0.1, 0.15) is 29.9 Å². The van der Waals surface area contributed by atoms with Gasteiger partial charge in [0.15, 0.2) is 5.69 Å². The fourth-order valence-electron chi connectivity index (χ4n) is 2.51. The fraction of sp³-hybridized carbons (Fsp3) is 0.389. The first kappa shape index (κ1) is 21.1. The minimum atomic E-state index is -0.706. The number of benzene rings is 1. The molecule has 0 aliphatic carbocycles. The van der Waals surface area contributed by atoms with Crippen molar-refractivity contribution in [3.8, 4) is 5.75 Å². The zero-order valence-corrected chi connectivity index (χ0v) is 17.1. The van der Waals surface area contributed by atoms with Crippen LogP contribution in [0, 0.1) is 0 Å². The van der Waals surface area contributed by atoms with Crippen molar-refractivity contribution in [1.29, 1.82) is 0 Å². The topological polar surface area (TPSA) is 73.7 Å². The van der Waals surface area contributed by atoms with Gasteiger partial charge in [-0.15, -0.1) is 0 Å². The molecule has 0 N–H and O–H groups in total. The summed E-state index contributed by atoms with van der Waals surface area (Å²) >= 11 is 12.0. The molecule has 0 amide bonds. The normalized spacial score (nSPS) is 10.6. The third-order valence-electron chi connectivity index (χ3n) is 3.73. The number of ether oxygens (including phenoxy) is 2. The summed E-state index contributed by atoms with van der Waals surface area (Å²) in [5, 5.41) is 0.891. The summed E-state index contributed by atoms with van der Waals surface area (Å²) in [4.78, 5) is 31.0. The van der Waals surface area contributed by atoms with Crippen LogP contribution in [0.2, 0.25) is 10.0 Å². The number of carbonyl (C=O) groups is 1. The van der Waals surface area contributed by atoms with Crippen LogP contribution in [0.25, 0.3) is 0 Å². The second-order valence-electron chi connectivity index (χ2n) is 5.71. The SMILES string of the molecule is CCOC(=O)c1nc(N(C)Cc2ccc(Cl)c(Cl)c2)n(C)c(=O)c1OCC. The number of anilines is 1. The van der Waals surface area contributed by atoms with Crippen molar-refractivity contribution in [2.24, 2.45) is 7.05 Å². The van der Waals surface area contributed by atoms with Crippen molar-refractivity contribution in [2.75, 3.05) is 25.2 Å². The van der Waals surface area contributed by atoms with Crippen molar-refractivity contribution in [1.82, 2.24) is 9.55 Å². The number of nitrogens with zero attached hydrogens (tertiary/aromatic N) is 3. The van der Waals surface area contributed by atoms with E-state index in [1.807, 2.05) is 6.07 Å². The lowest BCUT2D eigenvalue weighted by atomic mass is 10.2. The highest BCUT2D eigenvalue weighted by atomic mass is 35.5. The van der Waals surface area contributed by atoms with Gasteiger partial charge in [0.25, 0.3) is 5.56 Å². The molecule has 27 heavy (non-hydrogen) atoms. The molecule has 0 saturated heterocycles. The molecule has 0 aliphatic heterocycles. The van der Waals surface area contributed by atoms with E-state index >= 15 is 0 Å². The predicted molar refractivity (Wildman–Crippen MR) is 105 cm³/mol. The van der Waals surface area contributed by atoms with E-state index in [1.165, 1.54) is 4.57 Å². The average Bonchev–Trinajstić information content (AvgIpc) is 2.62. The third-order valence-corrected chi connectivity index (χ3v) is 4.47. The number of aromatic nitrogens is 2. The zero-order valence-electron chi connectivity index (χ0n) is 15.6. The van der Waals surface area contributed by atoms with E-state index in [-0.39, 0.29) is 30.6 Å². The quantitative estimate of drug-likeness (QED) is 0.648. The lowest BCUT2D eigenvalue weighted by molar-refractivity contribution is 0.0513. The Morgan fingerprint density at radius 3 is 2.52 bits per heavy atom. The summed E-state index contributed by atoms with van der Waals surface area (Å²) in [6.07, 6.45) is 0. The van der Waals surface area contributed by atoms with Gasteiger partial charge in [-0.05, 0) is 31.5 Å². The Morgan fingerprint density at radius 2 is 1.93 bits per heavy atom. The van der Waals surface area contributed by atoms with Crippen molar-refractivity contribution in [2.45, 2.75) is 20.4 Å². The highest BCUT2D eigenvalue weighted by Crippen LogP contribution is 2.24. The summed E-state index contributed by atoms with van der Waals surface area (Å²) in [6, 6.07) is 5.25. The van der Waals surface area contributed by atoms with Crippen LogP contribution in [-0.4, -0.2) is 35.8 Å². The average molecular weight is 414 g/mol. The molecule has 0 fully saturated rings. The van der Waals surface area contributed by atoms with Crippen LogP contribution < -0.4 is 15.2 Å². The molecule has 0 unspecified atom stereocenters. The van der Waals surface area contributed by atoms with Gasteiger partial charge in [0.1, 0.15) is 0 Å². The van der Waals surface area contributed by atoms with Crippen molar-refractivity contribution in [3.63, 3.8) is 0 Å². The Morgan fingerprint density at radius 1 is 1.22 bits per heavy atom. The Hall–Kier alpha value is -2.25. The van der Waals surface area contributed by atoms with E-state index in [4.69, 9.17) is 32.7 Å². The number of hydrogen-bond donors (Lipinski definition) is 0. The first-order valence-corrected chi connectivity index (χ1v) is 9.11. The smallest absolute Gasteiger partial charge is 0.361 e. The van der Waals surface area contributed by atoms with Crippen LogP contribution >= 0.6 is 23.2 Å². The minimum absolute atomic E-state index is 0.120. The molecule has 0 radical (unpaired) electrons. The molecule has 146 valence electrons. The van der Waals surface area contributed by atoms with E-state index in [0.717, 1.165) is 5.56 Å². The molecule has 0 atom stereocenters. The monoisotopic (exact) mass is 413 g/mol. The lowest BCUT2D eigenvalue weighted by Crippen LogP contribution is -2.32. The largest absolute Gasteiger partial charge is 0.486 e. The van der Waals surface area contributed by atoms with Gasteiger partial charge >= 0.3 is 5.97 Å². The third kappa shape index (κ3) is 4.73. The maximum Gasteiger partial charge on any atom is 0.361 e. The van der Waals surface area contributed by atoms with Crippen molar-refractivity contribution < 1.29 is 14.3 Å². The molecular weight excluding hydrogens is 393 g/mol. The van der Waals surface area contributed by atoms with Gasteiger partial charge in [-0.2, -0.15) is 0 Å². The zero-order chi connectivity index (χ0) is 20.1. The minimum Gasteiger partial charge on any atom is -0.486 e. The van der Waals surface area contributed by atoms with Gasteiger partial charge in [0, 0.05) is 20.6 Å². The van der Waals surface area contributed by atoms with Crippen molar-refractivity contribution in [3.05, 3.63) is 49.9 Å². The molecular formula is C18H21Cl2N3O4. The molecule has 1 aromatic carbocycles. The fourth-order valence-corrected chi connectivity index (χ4v) is 2.83. The summed E-state index contributed by atoms with van der Waals surface area (Å²) in [7, 11) is 3.31. The molecule has 2 aromatic rings.